The second-order valence-corrected chi connectivity index (χ2v) is 12.0. The zero-order chi connectivity index (χ0) is 16.3. The van der Waals surface area contributed by atoms with Crippen molar-refractivity contribution in [3.63, 3.8) is 0 Å². The highest BCUT2D eigenvalue weighted by atomic mass is 28.3. The summed E-state index contributed by atoms with van der Waals surface area (Å²) < 4.78 is 5.67. The first-order valence-corrected chi connectivity index (χ1v) is 10.7. The Hall–Kier alpha value is -2.24. The van der Waals surface area contributed by atoms with E-state index < -0.39 is 13.0 Å². The minimum absolute atomic E-state index is 0.0376. The van der Waals surface area contributed by atoms with Crippen LogP contribution in [0.25, 0.3) is 10.9 Å². The van der Waals surface area contributed by atoms with Crippen LogP contribution in [-0.4, -0.2) is 29.8 Å². The van der Waals surface area contributed by atoms with E-state index in [1.807, 2.05) is 6.07 Å². The van der Waals surface area contributed by atoms with Crippen molar-refractivity contribution in [1.29, 1.82) is 5.26 Å². The largest absolute Gasteiger partial charge is 0.377 e. The molecule has 1 heterocycles. The second-order valence-electron chi connectivity index (χ2n) is 6.33. The molecule has 0 amide bonds. The Morgan fingerprint density at radius 3 is 2.77 bits per heavy atom. The predicted molar refractivity (Wildman–Crippen MR) is 85.3 cm³/mol. The highest BCUT2D eigenvalue weighted by Gasteiger charge is 2.17. The molecule has 1 aromatic heterocycles. The molecule has 0 fully saturated rings. The smallest absolute Gasteiger partial charge is 0.271 e. The molecular formula is C14H18N4O3Si. The standard InChI is InChI=1S/C14H18N4O3Si/c1-22(2,3)5-4-21-9-10-6-11(18(19)20)7-12-14(10)13(8-15)17-16-12/h6-7H,4-5,9H2,1-3H3,(H,16,17). The molecule has 0 bridgehead atoms. The molecule has 0 saturated carbocycles. The third kappa shape index (κ3) is 3.69. The first kappa shape index (κ1) is 16.1. The van der Waals surface area contributed by atoms with Crippen molar-refractivity contribution in [2.24, 2.45) is 0 Å². The van der Waals surface area contributed by atoms with E-state index in [1.165, 1.54) is 12.1 Å². The van der Waals surface area contributed by atoms with Gasteiger partial charge in [-0.3, -0.25) is 15.2 Å². The number of rotatable bonds is 6. The summed E-state index contributed by atoms with van der Waals surface area (Å²) >= 11 is 0. The van der Waals surface area contributed by atoms with E-state index in [2.05, 4.69) is 29.8 Å². The molecule has 0 radical (unpaired) electrons. The second kappa shape index (κ2) is 6.25. The number of hydrogen-bond donors (Lipinski definition) is 1. The molecule has 0 aliphatic carbocycles. The highest BCUT2D eigenvalue weighted by Crippen LogP contribution is 2.27. The molecule has 2 aromatic rings. The normalized spacial score (nSPS) is 11.5. The van der Waals surface area contributed by atoms with Gasteiger partial charge < -0.3 is 4.74 Å². The molecule has 116 valence electrons. The van der Waals surface area contributed by atoms with Crippen LogP contribution in [0.2, 0.25) is 25.7 Å². The zero-order valence-electron chi connectivity index (χ0n) is 12.8. The van der Waals surface area contributed by atoms with E-state index in [9.17, 15) is 10.1 Å². The fraction of sp³-hybridized carbons (Fsp3) is 0.429. The molecule has 22 heavy (non-hydrogen) atoms. The van der Waals surface area contributed by atoms with Crippen LogP contribution in [0, 0.1) is 21.4 Å². The van der Waals surface area contributed by atoms with Gasteiger partial charge in [-0.1, -0.05) is 19.6 Å². The number of nitrogens with zero attached hydrogens (tertiary/aromatic N) is 3. The molecule has 0 aliphatic rings. The predicted octanol–water partition coefficient (Wildman–Crippen LogP) is 3.20. The summed E-state index contributed by atoms with van der Waals surface area (Å²) in [5, 5.41) is 27.3. The average Bonchev–Trinajstić information content (AvgIpc) is 2.85. The van der Waals surface area contributed by atoms with Gasteiger partial charge >= 0.3 is 0 Å². The van der Waals surface area contributed by atoms with Gasteiger partial charge in [-0.2, -0.15) is 10.4 Å². The maximum Gasteiger partial charge on any atom is 0.271 e. The Morgan fingerprint density at radius 1 is 1.45 bits per heavy atom. The number of benzene rings is 1. The molecule has 1 N–H and O–H groups in total. The van der Waals surface area contributed by atoms with E-state index in [-0.39, 0.29) is 18.0 Å². The van der Waals surface area contributed by atoms with Gasteiger partial charge in [0.1, 0.15) is 6.07 Å². The number of fused-ring (bicyclic) bond motifs is 1. The zero-order valence-corrected chi connectivity index (χ0v) is 13.8. The van der Waals surface area contributed by atoms with Crippen LogP contribution < -0.4 is 0 Å². The number of aromatic nitrogens is 2. The van der Waals surface area contributed by atoms with Crippen LogP contribution in [0.4, 0.5) is 5.69 Å². The van der Waals surface area contributed by atoms with Gasteiger partial charge in [0.15, 0.2) is 5.69 Å². The number of nitriles is 1. The first-order chi connectivity index (χ1) is 10.3. The summed E-state index contributed by atoms with van der Waals surface area (Å²) in [6.45, 7) is 7.61. The third-order valence-electron chi connectivity index (χ3n) is 3.30. The van der Waals surface area contributed by atoms with Gasteiger partial charge in [-0.15, -0.1) is 0 Å². The maximum atomic E-state index is 11.0. The van der Waals surface area contributed by atoms with E-state index in [0.29, 0.717) is 23.1 Å². The summed E-state index contributed by atoms with van der Waals surface area (Å²) in [5.41, 5.74) is 1.29. The van der Waals surface area contributed by atoms with Crippen molar-refractivity contribution in [3.8, 4) is 6.07 Å². The number of nitrogens with one attached hydrogen (secondary N) is 1. The highest BCUT2D eigenvalue weighted by molar-refractivity contribution is 6.76. The summed E-state index contributed by atoms with van der Waals surface area (Å²) in [5.74, 6) is 0. The molecular weight excluding hydrogens is 300 g/mol. The van der Waals surface area contributed by atoms with Gasteiger partial charge in [-0.25, -0.2) is 0 Å². The summed E-state index contributed by atoms with van der Waals surface area (Å²) in [6.07, 6.45) is 0. The quantitative estimate of drug-likeness (QED) is 0.381. The fourth-order valence-electron chi connectivity index (χ4n) is 2.09. The van der Waals surface area contributed by atoms with Crippen molar-refractivity contribution in [2.45, 2.75) is 32.3 Å². The van der Waals surface area contributed by atoms with Crippen LogP contribution in [0.5, 0.6) is 0 Å². The number of hydrogen-bond acceptors (Lipinski definition) is 5. The first-order valence-electron chi connectivity index (χ1n) is 6.95. The summed E-state index contributed by atoms with van der Waals surface area (Å²) in [7, 11) is -1.19. The van der Waals surface area contributed by atoms with Gasteiger partial charge in [-0.05, 0) is 11.6 Å². The summed E-state index contributed by atoms with van der Waals surface area (Å²) in [4.78, 5) is 10.5. The lowest BCUT2D eigenvalue weighted by molar-refractivity contribution is -0.384. The fourth-order valence-corrected chi connectivity index (χ4v) is 2.84. The van der Waals surface area contributed by atoms with Gasteiger partial charge in [0, 0.05) is 32.2 Å². The number of aromatic amines is 1. The monoisotopic (exact) mass is 318 g/mol. The van der Waals surface area contributed by atoms with Crippen LogP contribution in [-0.2, 0) is 11.3 Å². The van der Waals surface area contributed by atoms with Crippen LogP contribution in [0.15, 0.2) is 12.1 Å². The van der Waals surface area contributed by atoms with Gasteiger partial charge in [0.25, 0.3) is 5.69 Å². The molecule has 0 unspecified atom stereocenters. The van der Waals surface area contributed by atoms with Gasteiger partial charge in [0.2, 0.25) is 0 Å². The topological polar surface area (TPSA) is 105 Å². The SMILES string of the molecule is C[Si](C)(C)CCOCc1cc([N+](=O)[O-])cc2[nH]nc(C#N)c12. The third-order valence-corrected chi connectivity index (χ3v) is 5.00. The van der Waals surface area contributed by atoms with Crippen molar-refractivity contribution >= 4 is 24.7 Å². The minimum atomic E-state index is -1.19. The number of non-ortho nitro benzene ring substituents is 1. The molecule has 0 atom stereocenters. The lowest BCUT2D eigenvalue weighted by Crippen LogP contribution is -2.21. The number of ether oxygens (including phenoxy) is 1. The van der Waals surface area contributed by atoms with Crippen molar-refractivity contribution in [1.82, 2.24) is 10.2 Å². The lowest BCUT2D eigenvalue weighted by Gasteiger charge is -2.15. The van der Waals surface area contributed by atoms with E-state index in [0.717, 1.165) is 6.04 Å². The summed E-state index contributed by atoms with van der Waals surface area (Å²) in [6, 6.07) is 5.84. The minimum Gasteiger partial charge on any atom is -0.377 e. The van der Waals surface area contributed by atoms with Crippen LogP contribution in [0.3, 0.4) is 0 Å². The molecule has 7 nitrogen and oxygen atoms in total. The Balaban J connectivity index is 2.28. The van der Waals surface area contributed by atoms with E-state index >= 15 is 0 Å². The van der Waals surface area contributed by atoms with E-state index in [4.69, 9.17) is 10.00 Å². The number of nitro benzene ring substituents is 1. The maximum absolute atomic E-state index is 11.0. The van der Waals surface area contributed by atoms with Crippen LogP contribution >= 0.6 is 0 Å². The van der Waals surface area contributed by atoms with Crippen molar-refractivity contribution in [2.75, 3.05) is 6.61 Å². The molecule has 0 aliphatic heterocycles. The Labute approximate surface area is 129 Å². The molecule has 0 spiro atoms. The lowest BCUT2D eigenvalue weighted by atomic mass is 10.1. The molecule has 1 aromatic carbocycles. The number of H-pyrrole nitrogens is 1. The molecule has 8 heteroatoms. The van der Waals surface area contributed by atoms with Gasteiger partial charge in [0.05, 0.1) is 17.0 Å². The molecule has 0 saturated heterocycles. The average molecular weight is 318 g/mol. The number of nitro groups is 1. The Morgan fingerprint density at radius 2 is 2.18 bits per heavy atom. The van der Waals surface area contributed by atoms with Crippen molar-refractivity contribution < 1.29 is 9.66 Å². The Bertz CT molecular complexity index is 743. The van der Waals surface area contributed by atoms with E-state index in [1.54, 1.807) is 0 Å². The molecule has 2 rings (SSSR count). The van der Waals surface area contributed by atoms with Crippen LogP contribution in [0.1, 0.15) is 11.3 Å². The van der Waals surface area contributed by atoms with Crippen molar-refractivity contribution in [3.05, 3.63) is 33.5 Å². The Kier molecular flexibility index (Phi) is 4.58.